The van der Waals surface area contributed by atoms with Crippen molar-refractivity contribution in [1.29, 1.82) is 0 Å². The number of hydrogen-bond donors (Lipinski definition) is 1. The van der Waals surface area contributed by atoms with Crippen LogP contribution in [-0.4, -0.2) is 109 Å². The molecule has 0 aliphatic carbocycles. The van der Waals surface area contributed by atoms with Crippen molar-refractivity contribution in [2.45, 2.75) is 0 Å². The van der Waals surface area contributed by atoms with Crippen molar-refractivity contribution in [3.63, 3.8) is 0 Å². The van der Waals surface area contributed by atoms with E-state index in [1.165, 1.54) is 0 Å². The van der Waals surface area contributed by atoms with E-state index in [1.807, 2.05) is 0 Å². The van der Waals surface area contributed by atoms with E-state index in [4.69, 9.17) is 6.48 Å². The Morgan fingerprint density at radius 3 is 1.56 bits per heavy atom. The number of carboxylic acid groups (broad SMARTS) is 1. The van der Waals surface area contributed by atoms with Crippen LogP contribution in [0.5, 0.6) is 0 Å². The van der Waals surface area contributed by atoms with Crippen LogP contribution in [0.1, 0.15) is 1.37 Å². The Morgan fingerprint density at radius 1 is 0.926 bits per heavy atom. The van der Waals surface area contributed by atoms with Gasteiger partial charge in [0.1, 0.15) is 0 Å². The third kappa shape index (κ3) is 9.44. The fourth-order valence-corrected chi connectivity index (χ4v) is 2.57. The molecule has 2 heterocycles. The first kappa shape index (κ1) is 23.7. The van der Waals surface area contributed by atoms with Gasteiger partial charge in [-0.3, -0.25) is 38.7 Å². The largest absolute Gasteiger partial charge is 0.480 e. The Hall–Kier alpha value is -1.32. The van der Waals surface area contributed by atoms with Gasteiger partial charge in [-0.1, -0.05) is 0 Å². The van der Waals surface area contributed by atoms with Crippen molar-refractivity contribution in [3.05, 3.63) is 7.40 Å². The number of esters is 4. The summed E-state index contributed by atoms with van der Waals surface area (Å²) >= 11 is 0. The summed E-state index contributed by atoms with van der Waals surface area (Å²) in [6.45, 7) is 0.886. The van der Waals surface area contributed by atoms with Gasteiger partial charge < -0.3 is 22.0 Å². The summed E-state index contributed by atoms with van der Waals surface area (Å²) in [5.41, 5.74) is 0. The zero-order chi connectivity index (χ0) is 20.4. The number of hydrogen-bond acceptors (Lipinski definition) is 10. The standard InChI is InChI=1S/C14H19N3O8.CH3.U/c18-10(19)5-15(1-3-16-6-11(20)24-12(21)7-16)2-4-17-8-13(22)25-14(23)9-17;;/h1-9H2,(H,18,19);1H3;/q;-1;/i;1D;. The number of cyclic esters (lactones) is 4. The molecule has 0 unspecified atom stereocenters. The minimum atomic E-state index is -1.02. The van der Waals surface area contributed by atoms with Gasteiger partial charge in [-0.2, -0.15) is 0 Å². The topological polar surface area (TPSA) is 134 Å². The Bertz CT molecular complexity index is 518. The molecule has 2 rings (SSSR count). The second-order valence-corrected chi connectivity index (χ2v) is 5.78. The summed E-state index contributed by atoms with van der Waals surface area (Å²) in [4.78, 5) is 60.7. The molecule has 27 heavy (non-hydrogen) atoms. The number of carbonyl (C=O) groups excluding carboxylic acids is 4. The van der Waals surface area contributed by atoms with Gasteiger partial charge in [0.15, 0.2) is 0 Å². The van der Waals surface area contributed by atoms with Gasteiger partial charge in [0, 0.05) is 57.3 Å². The molecule has 2 aliphatic heterocycles. The predicted octanol–water partition coefficient (Wildman–Crippen LogP) is -2.41. The molecule has 0 amide bonds. The number of carbonyl (C=O) groups is 5. The molecule has 12 heteroatoms. The van der Waals surface area contributed by atoms with E-state index < -0.39 is 29.8 Å². The first-order chi connectivity index (χ1) is 12.8. The van der Waals surface area contributed by atoms with Crippen molar-refractivity contribution in [1.82, 2.24) is 14.7 Å². The van der Waals surface area contributed by atoms with Gasteiger partial charge in [0.25, 0.3) is 0 Å². The number of ether oxygens (including phenoxy) is 2. The third-order valence-corrected chi connectivity index (χ3v) is 3.69. The van der Waals surface area contributed by atoms with Crippen LogP contribution in [0.25, 0.3) is 0 Å². The van der Waals surface area contributed by atoms with Crippen LogP contribution in [0.4, 0.5) is 0 Å². The number of morpholine rings is 2. The van der Waals surface area contributed by atoms with Gasteiger partial charge in [0.2, 0.25) is 0 Å². The summed E-state index contributed by atoms with van der Waals surface area (Å²) in [6, 6.07) is 0. The average molecular weight is 611 g/mol. The van der Waals surface area contributed by atoms with E-state index in [0.29, 0.717) is 26.2 Å². The van der Waals surface area contributed by atoms with Crippen LogP contribution in [-0.2, 0) is 33.4 Å². The molecular weight excluding hydrogens is 588 g/mol. The number of rotatable bonds is 8. The van der Waals surface area contributed by atoms with E-state index in [2.05, 4.69) is 16.9 Å². The molecule has 1 N–H and O–H groups in total. The van der Waals surface area contributed by atoms with Crippen LogP contribution in [0.3, 0.4) is 0 Å². The molecule has 11 nitrogen and oxygen atoms in total. The Kier molecular flexibility index (Phi) is 10.7. The second-order valence-electron chi connectivity index (χ2n) is 5.78. The van der Waals surface area contributed by atoms with E-state index in [-0.39, 0.29) is 63.8 Å². The number of nitrogens with zero attached hydrogens (tertiary/aromatic N) is 3. The smallest absolute Gasteiger partial charge is 0.327 e. The quantitative estimate of drug-likeness (QED) is 0.179. The normalized spacial score (nSPS) is 18.7. The van der Waals surface area contributed by atoms with E-state index in [0.717, 1.165) is 0 Å². The molecule has 0 aromatic carbocycles. The first-order valence-electron chi connectivity index (χ1n) is 8.38. The zero-order valence-corrected chi connectivity index (χ0v) is 18.9. The summed E-state index contributed by atoms with van der Waals surface area (Å²) in [5.74, 6) is -3.56. The van der Waals surface area contributed by atoms with Gasteiger partial charge in [-0.25, -0.2) is 1.37 Å². The minimum absolute atomic E-state index is 0. The van der Waals surface area contributed by atoms with Gasteiger partial charge in [-0.15, -0.1) is 0 Å². The monoisotopic (exact) mass is 611 g/mol. The maximum atomic E-state index is 11.2. The van der Waals surface area contributed by atoms with Gasteiger partial charge in [-0.05, 0) is 0 Å². The molecule has 0 aromatic heterocycles. The van der Waals surface area contributed by atoms with Crippen LogP contribution < -0.4 is 0 Å². The molecule has 150 valence electrons. The molecule has 0 atom stereocenters. The minimum Gasteiger partial charge on any atom is -0.480 e. The fraction of sp³-hybridized carbons (Fsp3) is 0.600. The van der Waals surface area contributed by atoms with Crippen LogP contribution in [0.2, 0.25) is 0 Å². The molecular formula is C15H22N3O8U-. The number of carboxylic acids is 1. The first-order valence-corrected chi connectivity index (χ1v) is 7.67. The summed E-state index contributed by atoms with van der Waals surface area (Å²) in [7, 11) is 2.50. The fourth-order valence-electron chi connectivity index (χ4n) is 2.57. The summed E-state index contributed by atoms with van der Waals surface area (Å²) in [5, 5.41) is 9.00. The second kappa shape index (κ2) is 12.2. The molecule has 2 aliphatic rings. The molecule has 0 saturated carbocycles. The molecule has 0 radical (unpaired) electrons. The van der Waals surface area contributed by atoms with Gasteiger partial charge >= 0.3 is 29.8 Å². The molecule has 0 aromatic rings. The summed E-state index contributed by atoms with van der Waals surface area (Å²) < 4.78 is 14.4. The van der Waals surface area contributed by atoms with Crippen molar-refractivity contribution in [2.24, 2.45) is 0 Å². The maximum absolute atomic E-state index is 11.2. The van der Waals surface area contributed by atoms with Crippen LogP contribution in [0.15, 0.2) is 0 Å². The Balaban J connectivity index is 0.00000235. The molecule has 0 bridgehead atoms. The van der Waals surface area contributed by atoms with Crippen LogP contribution in [0, 0.1) is 38.5 Å². The third-order valence-electron chi connectivity index (χ3n) is 3.69. The molecule has 0 spiro atoms. The maximum Gasteiger partial charge on any atom is 0.327 e. The van der Waals surface area contributed by atoms with E-state index in [1.54, 1.807) is 14.7 Å². The van der Waals surface area contributed by atoms with E-state index >= 15 is 0 Å². The van der Waals surface area contributed by atoms with Gasteiger partial charge in [0.05, 0.1) is 32.7 Å². The Labute approximate surface area is 181 Å². The summed E-state index contributed by atoms with van der Waals surface area (Å²) in [6.07, 6.45) is 0. The van der Waals surface area contributed by atoms with Crippen LogP contribution >= 0.6 is 0 Å². The van der Waals surface area contributed by atoms with Crippen molar-refractivity contribution >= 4 is 29.8 Å². The molecule has 2 saturated heterocycles. The van der Waals surface area contributed by atoms with Crippen molar-refractivity contribution in [3.8, 4) is 0 Å². The Morgan fingerprint density at radius 2 is 1.26 bits per heavy atom. The van der Waals surface area contributed by atoms with Crippen molar-refractivity contribution in [2.75, 3.05) is 58.9 Å². The number of aliphatic carboxylic acids is 1. The zero-order valence-electron chi connectivity index (χ0n) is 15.7. The molecule has 2 fully saturated rings. The van der Waals surface area contributed by atoms with Crippen molar-refractivity contribution < 1.29 is 71.0 Å². The predicted molar refractivity (Wildman–Crippen MR) is 85.6 cm³/mol. The van der Waals surface area contributed by atoms with E-state index in [9.17, 15) is 24.0 Å². The average Bonchev–Trinajstić information content (AvgIpc) is 2.57. The SMILES string of the molecule is O=C(O)CN(CCN1CC(=O)OC(=O)C1)CCN1CC(=O)OC(=O)C1.[2H][CH2-].[U].